The third-order valence-corrected chi connectivity index (χ3v) is 5.87. The van der Waals surface area contributed by atoms with Crippen LogP contribution in [0.3, 0.4) is 0 Å². The number of thioether (sulfide) groups is 1. The highest BCUT2D eigenvalue weighted by Gasteiger charge is 2.44. The van der Waals surface area contributed by atoms with E-state index in [0.29, 0.717) is 5.56 Å². The fourth-order valence-corrected chi connectivity index (χ4v) is 4.31. The molecule has 0 aromatic heterocycles. The molecule has 4 atom stereocenters. The van der Waals surface area contributed by atoms with Crippen LogP contribution >= 0.6 is 11.8 Å². The zero-order valence-electron chi connectivity index (χ0n) is 14.9. The molecule has 0 spiro atoms. The first kappa shape index (κ1) is 18.2. The van der Waals surface area contributed by atoms with Crippen LogP contribution in [0.5, 0.6) is 0 Å². The van der Waals surface area contributed by atoms with Crippen LogP contribution in [0.25, 0.3) is 0 Å². The number of hydrogen-bond donors (Lipinski definition) is 0. The van der Waals surface area contributed by atoms with Crippen LogP contribution in [0.1, 0.15) is 35.4 Å². The maximum atomic E-state index is 12.6. The molecule has 2 heterocycles. The smallest absolute Gasteiger partial charge is 0.223 e. The molecule has 0 unspecified atom stereocenters. The Morgan fingerprint density at radius 1 is 1.11 bits per heavy atom. The minimum Gasteiger partial charge on any atom is -0.362 e. The molecular weight excluding hydrogens is 360 g/mol. The lowest BCUT2D eigenvalue weighted by molar-refractivity contribution is -0.158. The Labute approximate surface area is 162 Å². The number of fused-ring (bicyclic) bond motifs is 2. The van der Waals surface area contributed by atoms with Gasteiger partial charge in [0.05, 0.1) is 12.2 Å². The SMILES string of the molecule is C[C@@H](O[C@@H]1C(=O)C[C@H]2O[C@@H]1C=C2SC(=O)c1ccccc1)c1ccccc1. The van der Waals surface area contributed by atoms with Crippen molar-refractivity contribution in [2.45, 2.75) is 37.8 Å². The van der Waals surface area contributed by atoms with E-state index in [2.05, 4.69) is 0 Å². The van der Waals surface area contributed by atoms with Crippen molar-refractivity contribution in [2.75, 3.05) is 0 Å². The molecule has 0 saturated carbocycles. The van der Waals surface area contributed by atoms with Gasteiger partial charge in [-0.15, -0.1) is 0 Å². The molecule has 4 nitrogen and oxygen atoms in total. The van der Waals surface area contributed by atoms with Crippen LogP contribution < -0.4 is 0 Å². The van der Waals surface area contributed by atoms with Gasteiger partial charge >= 0.3 is 0 Å². The van der Waals surface area contributed by atoms with E-state index in [0.717, 1.165) is 22.2 Å². The minimum atomic E-state index is -0.638. The Balaban J connectivity index is 1.46. The van der Waals surface area contributed by atoms with E-state index in [1.54, 1.807) is 12.1 Å². The van der Waals surface area contributed by atoms with Crippen LogP contribution in [-0.2, 0) is 14.3 Å². The quantitative estimate of drug-likeness (QED) is 0.773. The fourth-order valence-electron chi connectivity index (χ4n) is 3.37. The van der Waals surface area contributed by atoms with E-state index in [1.165, 1.54) is 0 Å². The largest absolute Gasteiger partial charge is 0.362 e. The van der Waals surface area contributed by atoms with Crippen molar-refractivity contribution in [3.05, 3.63) is 82.8 Å². The third kappa shape index (κ3) is 3.90. The summed E-state index contributed by atoms with van der Waals surface area (Å²) in [6, 6.07) is 18.9. The zero-order valence-corrected chi connectivity index (χ0v) is 15.7. The summed E-state index contributed by atoms with van der Waals surface area (Å²) in [5.41, 5.74) is 1.66. The standard InChI is InChI=1S/C22H20O4S/c1-14(15-8-4-2-5-9-15)25-21-17(23)12-18-20(13-19(21)26-18)27-22(24)16-10-6-3-7-11-16/h2-11,13-14,18-19,21H,12H2,1H3/t14-,18-,19-,21-/m1/s1. The predicted octanol–water partition coefficient (Wildman–Crippen LogP) is 4.33. The molecular formula is C22H20O4S. The highest BCUT2D eigenvalue weighted by atomic mass is 32.2. The van der Waals surface area contributed by atoms with Gasteiger partial charge in [0.25, 0.3) is 0 Å². The number of carbonyl (C=O) groups excluding carboxylic acids is 2. The second kappa shape index (κ2) is 7.80. The first-order chi connectivity index (χ1) is 13.1. The van der Waals surface area contributed by atoms with Gasteiger partial charge in [-0.2, -0.15) is 0 Å². The number of carbonyl (C=O) groups is 2. The molecule has 0 aliphatic carbocycles. The van der Waals surface area contributed by atoms with E-state index in [4.69, 9.17) is 9.47 Å². The van der Waals surface area contributed by atoms with Gasteiger partial charge in [0, 0.05) is 16.9 Å². The van der Waals surface area contributed by atoms with Gasteiger partial charge in [-0.05, 0) is 30.3 Å². The lowest BCUT2D eigenvalue weighted by Gasteiger charge is -2.30. The van der Waals surface area contributed by atoms with E-state index in [9.17, 15) is 9.59 Å². The molecule has 0 amide bonds. The third-order valence-electron chi connectivity index (χ3n) is 4.81. The van der Waals surface area contributed by atoms with Crippen molar-refractivity contribution in [1.29, 1.82) is 0 Å². The number of rotatable bonds is 5. The van der Waals surface area contributed by atoms with Crippen LogP contribution in [0.2, 0.25) is 0 Å². The van der Waals surface area contributed by atoms with Gasteiger partial charge in [0.1, 0.15) is 12.2 Å². The monoisotopic (exact) mass is 380 g/mol. The van der Waals surface area contributed by atoms with Crippen molar-refractivity contribution in [1.82, 2.24) is 0 Å². The van der Waals surface area contributed by atoms with Crippen molar-refractivity contribution in [2.24, 2.45) is 0 Å². The summed E-state index contributed by atoms with van der Waals surface area (Å²) in [5, 5.41) is -0.0411. The molecule has 2 aromatic rings. The summed E-state index contributed by atoms with van der Waals surface area (Å²) in [5.74, 6) is 0.0260. The summed E-state index contributed by atoms with van der Waals surface area (Å²) in [4.78, 5) is 25.9. The fraction of sp³-hybridized carbons (Fsp3) is 0.273. The first-order valence-corrected chi connectivity index (χ1v) is 9.81. The Hall–Kier alpha value is -2.21. The molecule has 0 N–H and O–H groups in total. The molecule has 0 radical (unpaired) electrons. The minimum absolute atomic E-state index is 0.0260. The highest BCUT2D eigenvalue weighted by Crippen LogP contribution is 2.40. The lowest BCUT2D eigenvalue weighted by Crippen LogP contribution is -2.43. The van der Waals surface area contributed by atoms with Gasteiger partial charge in [-0.1, -0.05) is 60.7 Å². The summed E-state index contributed by atoms with van der Waals surface area (Å²) < 4.78 is 12.0. The second-order valence-corrected chi connectivity index (χ2v) is 7.74. The molecule has 2 bridgehead atoms. The summed E-state index contributed by atoms with van der Waals surface area (Å²) in [7, 11) is 0. The van der Waals surface area contributed by atoms with Gasteiger partial charge in [-0.3, -0.25) is 9.59 Å². The van der Waals surface area contributed by atoms with E-state index < -0.39 is 12.2 Å². The highest BCUT2D eigenvalue weighted by molar-refractivity contribution is 8.17. The lowest BCUT2D eigenvalue weighted by atomic mass is 10.0. The van der Waals surface area contributed by atoms with Crippen molar-refractivity contribution >= 4 is 22.7 Å². The van der Waals surface area contributed by atoms with Crippen LogP contribution in [-0.4, -0.2) is 29.2 Å². The number of hydrogen-bond acceptors (Lipinski definition) is 5. The summed E-state index contributed by atoms with van der Waals surface area (Å²) >= 11 is 1.15. The van der Waals surface area contributed by atoms with E-state index >= 15 is 0 Å². The Bertz CT molecular complexity index is 862. The molecule has 2 aromatic carbocycles. The van der Waals surface area contributed by atoms with Gasteiger partial charge in [0.15, 0.2) is 5.78 Å². The van der Waals surface area contributed by atoms with E-state index in [-0.39, 0.29) is 29.5 Å². The molecule has 5 heteroatoms. The van der Waals surface area contributed by atoms with Gasteiger partial charge in [0.2, 0.25) is 5.12 Å². The molecule has 27 heavy (non-hydrogen) atoms. The normalized spacial score (nSPS) is 25.1. The Kier molecular flexibility index (Phi) is 5.25. The second-order valence-electron chi connectivity index (χ2n) is 6.69. The predicted molar refractivity (Wildman–Crippen MR) is 104 cm³/mol. The molecule has 1 fully saturated rings. The zero-order chi connectivity index (χ0) is 18.8. The van der Waals surface area contributed by atoms with Crippen molar-refractivity contribution in [3.8, 4) is 0 Å². The summed E-state index contributed by atoms with van der Waals surface area (Å²) in [6.07, 6.45) is 0.491. The molecule has 2 aliphatic rings. The number of Topliss-reactive ketones (excluding diaryl/α,β-unsaturated/α-hetero) is 1. The molecule has 138 valence electrons. The number of ether oxygens (including phenoxy) is 2. The maximum absolute atomic E-state index is 12.6. The number of benzene rings is 2. The maximum Gasteiger partial charge on any atom is 0.223 e. The van der Waals surface area contributed by atoms with Crippen LogP contribution in [0.4, 0.5) is 0 Å². The van der Waals surface area contributed by atoms with Crippen molar-refractivity contribution < 1.29 is 19.1 Å². The average Bonchev–Trinajstić information content (AvgIpc) is 3.03. The molecule has 4 rings (SSSR count). The number of ketones is 1. The van der Waals surface area contributed by atoms with Crippen LogP contribution in [0, 0.1) is 0 Å². The Morgan fingerprint density at radius 2 is 1.78 bits per heavy atom. The van der Waals surface area contributed by atoms with Crippen molar-refractivity contribution in [3.63, 3.8) is 0 Å². The topological polar surface area (TPSA) is 52.6 Å². The van der Waals surface area contributed by atoms with Gasteiger partial charge < -0.3 is 9.47 Å². The summed E-state index contributed by atoms with van der Waals surface area (Å²) in [6.45, 7) is 1.93. The molecule has 1 saturated heterocycles. The Morgan fingerprint density at radius 3 is 2.48 bits per heavy atom. The first-order valence-electron chi connectivity index (χ1n) is 8.99. The van der Waals surface area contributed by atoms with Gasteiger partial charge in [-0.25, -0.2) is 0 Å². The average molecular weight is 380 g/mol. The van der Waals surface area contributed by atoms with Crippen LogP contribution in [0.15, 0.2) is 71.6 Å². The molecule has 2 aliphatic heterocycles. The van der Waals surface area contributed by atoms with E-state index in [1.807, 2.05) is 61.5 Å².